The van der Waals surface area contributed by atoms with Gasteiger partial charge < -0.3 is 0 Å². The molecule has 2 aromatic rings. The maximum atomic E-state index is 12.7. The number of hydrogen-bond donors (Lipinski definition) is 0. The quantitative estimate of drug-likeness (QED) is 0.687. The molecule has 0 radical (unpaired) electrons. The van der Waals surface area contributed by atoms with Gasteiger partial charge in [-0.2, -0.15) is 5.26 Å². The van der Waals surface area contributed by atoms with Crippen LogP contribution in [0.1, 0.15) is 5.56 Å². The molecule has 0 aliphatic heterocycles. The minimum atomic E-state index is -0.254. The summed E-state index contributed by atoms with van der Waals surface area (Å²) >= 11 is 0. The fourth-order valence-electron chi connectivity index (χ4n) is 1.41. The van der Waals surface area contributed by atoms with Crippen molar-refractivity contribution in [3.05, 3.63) is 59.9 Å². The van der Waals surface area contributed by atoms with Crippen molar-refractivity contribution in [1.29, 1.82) is 5.26 Å². The van der Waals surface area contributed by atoms with E-state index in [2.05, 4.69) is 6.07 Å². The van der Waals surface area contributed by atoms with Crippen LogP contribution in [0.2, 0.25) is 0 Å². The molecule has 2 rings (SSSR count). The molecule has 0 N–H and O–H groups in total. The standard InChI is InChI=1S/C13H8FN/c14-13-6-4-11(5-7-13)12-3-1-2-10(8-12)9-15/h1-8H. The van der Waals surface area contributed by atoms with E-state index in [0.29, 0.717) is 5.56 Å². The molecule has 0 fully saturated rings. The van der Waals surface area contributed by atoms with E-state index in [4.69, 9.17) is 5.26 Å². The third-order valence-corrected chi connectivity index (χ3v) is 2.17. The lowest BCUT2D eigenvalue weighted by Gasteiger charge is -2.01. The van der Waals surface area contributed by atoms with E-state index in [-0.39, 0.29) is 5.82 Å². The van der Waals surface area contributed by atoms with Crippen molar-refractivity contribution in [2.75, 3.05) is 0 Å². The summed E-state index contributed by atoms with van der Waals surface area (Å²) in [5.74, 6) is -0.254. The zero-order valence-electron chi connectivity index (χ0n) is 7.94. The SMILES string of the molecule is N#Cc1cccc(-c2ccc(F)cc2)c1. The average Bonchev–Trinajstić information content (AvgIpc) is 2.30. The van der Waals surface area contributed by atoms with Crippen LogP contribution in [0.4, 0.5) is 4.39 Å². The van der Waals surface area contributed by atoms with Gasteiger partial charge in [0, 0.05) is 0 Å². The summed E-state index contributed by atoms with van der Waals surface area (Å²) in [4.78, 5) is 0. The van der Waals surface area contributed by atoms with Gasteiger partial charge in [-0.15, -0.1) is 0 Å². The lowest BCUT2D eigenvalue weighted by atomic mass is 10.0. The molecule has 2 aromatic carbocycles. The maximum absolute atomic E-state index is 12.7. The second-order valence-electron chi connectivity index (χ2n) is 3.20. The first-order valence-electron chi connectivity index (χ1n) is 4.56. The van der Waals surface area contributed by atoms with Gasteiger partial charge in [0.15, 0.2) is 0 Å². The zero-order valence-corrected chi connectivity index (χ0v) is 7.94. The number of nitrogens with zero attached hydrogens (tertiary/aromatic N) is 1. The molecule has 0 aliphatic carbocycles. The third-order valence-electron chi connectivity index (χ3n) is 2.17. The van der Waals surface area contributed by atoms with Gasteiger partial charge in [-0.25, -0.2) is 4.39 Å². The Morgan fingerprint density at radius 2 is 1.67 bits per heavy atom. The molecule has 0 saturated carbocycles. The Balaban J connectivity index is 2.46. The highest BCUT2D eigenvalue weighted by atomic mass is 19.1. The first-order chi connectivity index (χ1) is 7.29. The van der Waals surface area contributed by atoms with Crippen molar-refractivity contribution >= 4 is 0 Å². The Morgan fingerprint density at radius 3 is 2.33 bits per heavy atom. The lowest BCUT2D eigenvalue weighted by molar-refractivity contribution is 0.628. The number of hydrogen-bond acceptors (Lipinski definition) is 1. The van der Waals surface area contributed by atoms with E-state index in [1.807, 2.05) is 12.1 Å². The monoisotopic (exact) mass is 197 g/mol. The third kappa shape index (κ3) is 2.03. The molecule has 0 bridgehead atoms. The summed E-state index contributed by atoms with van der Waals surface area (Å²) in [5.41, 5.74) is 2.44. The molecule has 72 valence electrons. The number of nitriles is 1. The predicted octanol–water partition coefficient (Wildman–Crippen LogP) is 3.36. The van der Waals surface area contributed by atoms with Crippen LogP contribution in [0.15, 0.2) is 48.5 Å². The molecule has 0 unspecified atom stereocenters. The fourth-order valence-corrected chi connectivity index (χ4v) is 1.41. The van der Waals surface area contributed by atoms with Crippen LogP contribution in [-0.2, 0) is 0 Å². The normalized spacial score (nSPS) is 9.60. The molecular formula is C13H8FN. The minimum Gasteiger partial charge on any atom is -0.207 e. The highest BCUT2D eigenvalue weighted by molar-refractivity contribution is 5.64. The van der Waals surface area contributed by atoms with E-state index >= 15 is 0 Å². The number of benzene rings is 2. The Labute approximate surface area is 87.4 Å². The van der Waals surface area contributed by atoms with Gasteiger partial charge in [0.2, 0.25) is 0 Å². The highest BCUT2D eigenvalue weighted by Crippen LogP contribution is 2.20. The van der Waals surface area contributed by atoms with Crippen LogP contribution in [0.25, 0.3) is 11.1 Å². The molecule has 15 heavy (non-hydrogen) atoms. The van der Waals surface area contributed by atoms with Gasteiger partial charge in [0.25, 0.3) is 0 Å². The average molecular weight is 197 g/mol. The van der Waals surface area contributed by atoms with E-state index in [9.17, 15) is 4.39 Å². The van der Waals surface area contributed by atoms with E-state index in [0.717, 1.165) is 11.1 Å². The summed E-state index contributed by atoms with van der Waals surface area (Å²) in [6, 6.07) is 15.5. The molecule has 0 aromatic heterocycles. The Morgan fingerprint density at radius 1 is 0.933 bits per heavy atom. The van der Waals surface area contributed by atoms with E-state index in [1.165, 1.54) is 12.1 Å². The van der Waals surface area contributed by atoms with Gasteiger partial charge >= 0.3 is 0 Å². The largest absolute Gasteiger partial charge is 0.207 e. The summed E-state index contributed by atoms with van der Waals surface area (Å²) in [7, 11) is 0. The summed E-state index contributed by atoms with van der Waals surface area (Å²) in [5, 5.41) is 8.74. The zero-order chi connectivity index (χ0) is 10.7. The van der Waals surface area contributed by atoms with Crippen molar-refractivity contribution in [3.8, 4) is 17.2 Å². The molecule has 0 spiro atoms. The van der Waals surface area contributed by atoms with Gasteiger partial charge in [-0.05, 0) is 35.4 Å². The van der Waals surface area contributed by atoms with Crippen LogP contribution >= 0.6 is 0 Å². The second kappa shape index (κ2) is 3.93. The first kappa shape index (κ1) is 9.42. The second-order valence-corrected chi connectivity index (χ2v) is 3.20. The van der Waals surface area contributed by atoms with Gasteiger partial charge in [0.05, 0.1) is 11.6 Å². The van der Waals surface area contributed by atoms with E-state index < -0.39 is 0 Å². The topological polar surface area (TPSA) is 23.8 Å². The Kier molecular flexibility index (Phi) is 2.47. The van der Waals surface area contributed by atoms with Crippen LogP contribution in [0, 0.1) is 17.1 Å². The molecule has 2 heteroatoms. The highest BCUT2D eigenvalue weighted by Gasteiger charge is 1.98. The van der Waals surface area contributed by atoms with Crippen LogP contribution in [0.5, 0.6) is 0 Å². The Bertz CT molecular complexity index is 509. The Hall–Kier alpha value is -2.14. The van der Waals surface area contributed by atoms with Crippen molar-refractivity contribution < 1.29 is 4.39 Å². The lowest BCUT2D eigenvalue weighted by Crippen LogP contribution is -1.80. The van der Waals surface area contributed by atoms with Gasteiger partial charge in [0.1, 0.15) is 5.82 Å². The number of halogens is 1. The fraction of sp³-hybridized carbons (Fsp3) is 0. The first-order valence-corrected chi connectivity index (χ1v) is 4.56. The van der Waals surface area contributed by atoms with Gasteiger partial charge in [-0.3, -0.25) is 0 Å². The van der Waals surface area contributed by atoms with Crippen LogP contribution in [-0.4, -0.2) is 0 Å². The molecule has 0 amide bonds. The summed E-state index contributed by atoms with van der Waals surface area (Å²) in [6.07, 6.45) is 0. The van der Waals surface area contributed by atoms with Crippen LogP contribution < -0.4 is 0 Å². The van der Waals surface area contributed by atoms with Crippen molar-refractivity contribution in [3.63, 3.8) is 0 Å². The summed E-state index contributed by atoms with van der Waals surface area (Å²) in [6.45, 7) is 0. The molecule has 0 saturated heterocycles. The maximum Gasteiger partial charge on any atom is 0.123 e. The minimum absolute atomic E-state index is 0.254. The van der Waals surface area contributed by atoms with Crippen molar-refractivity contribution in [2.24, 2.45) is 0 Å². The molecular weight excluding hydrogens is 189 g/mol. The molecule has 0 aliphatic rings. The summed E-state index contributed by atoms with van der Waals surface area (Å²) < 4.78 is 12.7. The smallest absolute Gasteiger partial charge is 0.123 e. The van der Waals surface area contributed by atoms with Gasteiger partial charge in [-0.1, -0.05) is 24.3 Å². The van der Waals surface area contributed by atoms with Crippen LogP contribution in [0.3, 0.4) is 0 Å². The molecule has 1 nitrogen and oxygen atoms in total. The van der Waals surface area contributed by atoms with E-state index in [1.54, 1.807) is 24.3 Å². The van der Waals surface area contributed by atoms with Crippen molar-refractivity contribution in [1.82, 2.24) is 0 Å². The molecule has 0 heterocycles. The number of rotatable bonds is 1. The predicted molar refractivity (Wildman–Crippen MR) is 56.6 cm³/mol. The van der Waals surface area contributed by atoms with Crippen molar-refractivity contribution in [2.45, 2.75) is 0 Å². The molecule has 0 atom stereocenters.